The first-order chi connectivity index (χ1) is 16.7. The largest absolute Gasteiger partial charge is 0.338 e. The lowest BCUT2D eigenvalue weighted by Gasteiger charge is -2.35. The first kappa shape index (κ1) is 22.4. The normalized spacial score (nSPS) is 16.4. The van der Waals surface area contributed by atoms with Crippen molar-refractivity contribution < 1.29 is 9.59 Å². The van der Waals surface area contributed by atoms with Gasteiger partial charge in [0.15, 0.2) is 0 Å². The van der Waals surface area contributed by atoms with Gasteiger partial charge in [-0.2, -0.15) is 0 Å². The summed E-state index contributed by atoms with van der Waals surface area (Å²) in [5.74, 6) is 0.112. The van der Waals surface area contributed by atoms with E-state index < -0.39 is 0 Å². The lowest BCUT2D eigenvalue weighted by molar-refractivity contribution is 0.0636. The highest BCUT2D eigenvalue weighted by atomic mass is 16.2. The van der Waals surface area contributed by atoms with E-state index in [-0.39, 0.29) is 11.9 Å². The fourth-order valence-electron chi connectivity index (χ4n) is 4.96. The number of nitrogens with zero attached hydrogens (tertiary/aromatic N) is 3. The molecule has 2 aliphatic rings. The Balaban J connectivity index is 1.03. The summed E-state index contributed by atoms with van der Waals surface area (Å²) < 4.78 is 0. The monoisotopic (exact) mass is 456 g/mol. The Hall–Kier alpha value is -3.38. The molecule has 0 aromatic heterocycles. The van der Waals surface area contributed by atoms with E-state index in [4.69, 9.17) is 0 Å². The quantitative estimate of drug-likeness (QED) is 0.595. The molecule has 34 heavy (non-hydrogen) atoms. The summed E-state index contributed by atoms with van der Waals surface area (Å²) in [4.78, 5) is 31.8. The molecule has 0 saturated carbocycles. The van der Waals surface area contributed by atoms with E-state index in [0.29, 0.717) is 13.1 Å². The van der Waals surface area contributed by atoms with Gasteiger partial charge in [-0.3, -0.25) is 9.69 Å². The molecule has 0 bridgehead atoms. The lowest BCUT2D eigenvalue weighted by atomic mass is 10.0. The Morgan fingerprint density at radius 1 is 0.765 bits per heavy atom. The predicted octanol–water partition coefficient (Wildman–Crippen LogP) is 3.76. The minimum atomic E-state index is 0.0281. The number of rotatable bonds is 5. The Labute approximate surface area is 201 Å². The van der Waals surface area contributed by atoms with Gasteiger partial charge in [-0.1, -0.05) is 54.6 Å². The Bertz CT molecular complexity index is 1170. The van der Waals surface area contributed by atoms with Crippen LogP contribution in [0.25, 0.3) is 10.8 Å². The van der Waals surface area contributed by atoms with Crippen molar-refractivity contribution in [2.24, 2.45) is 0 Å². The zero-order valence-electron chi connectivity index (χ0n) is 19.6. The average molecular weight is 457 g/mol. The van der Waals surface area contributed by atoms with Crippen molar-refractivity contribution in [3.8, 4) is 0 Å². The molecule has 1 fully saturated rings. The molecule has 0 atom stereocenters. The molecule has 0 aliphatic carbocycles. The first-order valence-corrected chi connectivity index (χ1v) is 12.3. The minimum absolute atomic E-state index is 0.0281. The Kier molecular flexibility index (Phi) is 6.77. The van der Waals surface area contributed by atoms with Crippen molar-refractivity contribution in [2.75, 3.05) is 45.8 Å². The van der Waals surface area contributed by atoms with Gasteiger partial charge >= 0.3 is 6.03 Å². The number of carbonyl (C=O) groups is 2. The maximum atomic E-state index is 13.0. The summed E-state index contributed by atoms with van der Waals surface area (Å²) in [6.45, 7) is 6.29. The zero-order chi connectivity index (χ0) is 23.3. The third-order valence-electron chi connectivity index (χ3n) is 7.00. The molecule has 3 aromatic carbocycles. The molecule has 0 radical (unpaired) electrons. The third kappa shape index (κ3) is 5.07. The van der Waals surface area contributed by atoms with Crippen molar-refractivity contribution in [1.82, 2.24) is 20.0 Å². The second kappa shape index (κ2) is 10.3. The molecule has 3 amide bonds. The molecule has 1 N–H and O–H groups in total. The Morgan fingerprint density at radius 3 is 2.32 bits per heavy atom. The van der Waals surface area contributed by atoms with Gasteiger partial charge in [0.05, 0.1) is 0 Å². The van der Waals surface area contributed by atoms with Crippen molar-refractivity contribution in [3.63, 3.8) is 0 Å². The second-order valence-corrected chi connectivity index (χ2v) is 9.22. The number of nitrogens with one attached hydrogen (secondary N) is 1. The summed E-state index contributed by atoms with van der Waals surface area (Å²) in [6, 6.07) is 22.5. The van der Waals surface area contributed by atoms with Gasteiger partial charge in [0.2, 0.25) is 0 Å². The van der Waals surface area contributed by atoms with Crippen LogP contribution in [0.4, 0.5) is 4.79 Å². The van der Waals surface area contributed by atoms with Gasteiger partial charge in [-0.05, 0) is 53.4 Å². The minimum Gasteiger partial charge on any atom is -0.338 e. The molecule has 3 aromatic rings. The van der Waals surface area contributed by atoms with Crippen LogP contribution >= 0.6 is 0 Å². The Morgan fingerprint density at radius 2 is 1.50 bits per heavy atom. The lowest BCUT2D eigenvalue weighted by Crippen LogP contribution is -2.49. The van der Waals surface area contributed by atoms with Crippen molar-refractivity contribution >= 4 is 22.7 Å². The molecule has 1 saturated heterocycles. The molecule has 6 heteroatoms. The van der Waals surface area contributed by atoms with E-state index in [1.807, 2.05) is 52.3 Å². The number of hydrogen-bond donors (Lipinski definition) is 1. The van der Waals surface area contributed by atoms with E-state index >= 15 is 0 Å². The molecule has 6 nitrogen and oxygen atoms in total. The van der Waals surface area contributed by atoms with E-state index in [1.54, 1.807) is 0 Å². The van der Waals surface area contributed by atoms with Crippen LogP contribution in [0.1, 0.15) is 27.9 Å². The standard InChI is InChI=1S/C28H32N4O2/c33-27(25-11-10-22-6-1-3-8-24(22)20-25)31-18-16-30(17-19-31)14-5-13-29-28(34)32-15-12-23-7-2-4-9-26(23)21-32/h1-4,6-11,20H,5,12-19,21H2,(H,29,34). The predicted molar refractivity (Wildman–Crippen MR) is 135 cm³/mol. The molecule has 0 unspecified atom stereocenters. The van der Waals surface area contributed by atoms with Crippen LogP contribution in [0.2, 0.25) is 0 Å². The van der Waals surface area contributed by atoms with Crippen LogP contribution in [-0.4, -0.2) is 72.5 Å². The fourth-order valence-corrected chi connectivity index (χ4v) is 4.96. The van der Waals surface area contributed by atoms with Crippen molar-refractivity contribution in [1.29, 1.82) is 0 Å². The van der Waals surface area contributed by atoms with Crippen LogP contribution in [0.5, 0.6) is 0 Å². The molecule has 5 rings (SSSR count). The van der Waals surface area contributed by atoms with Gasteiger partial charge in [-0.15, -0.1) is 0 Å². The number of hydrogen-bond acceptors (Lipinski definition) is 3. The zero-order valence-corrected chi connectivity index (χ0v) is 19.6. The summed E-state index contributed by atoms with van der Waals surface area (Å²) in [6.07, 6.45) is 1.83. The number of benzene rings is 3. The van der Waals surface area contributed by atoms with Gasteiger partial charge in [0.1, 0.15) is 0 Å². The molecule has 2 aliphatic heterocycles. The van der Waals surface area contributed by atoms with E-state index in [1.165, 1.54) is 11.1 Å². The molecule has 0 spiro atoms. The number of urea groups is 1. The highest BCUT2D eigenvalue weighted by molar-refractivity contribution is 5.98. The highest BCUT2D eigenvalue weighted by Crippen LogP contribution is 2.19. The van der Waals surface area contributed by atoms with Crippen LogP contribution in [0.15, 0.2) is 66.7 Å². The molecule has 2 heterocycles. The van der Waals surface area contributed by atoms with Crippen LogP contribution in [-0.2, 0) is 13.0 Å². The van der Waals surface area contributed by atoms with E-state index in [2.05, 4.69) is 34.5 Å². The highest BCUT2D eigenvalue weighted by Gasteiger charge is 2.23. The number of piperazine rings is 1. The number of carbonyl (C=O) groups excluding carboxylic acids is 2. The topological polar surface area (TPSA) is 55.9 Å². The molecular weight excluding hydrogens is 424 g/mol. The summed E-state index contributed by atoms with van der Waals surface area (Å²) in [5, 5.41) is 5.34. The first-order valence-electron chi connectivity index (χ1n) is 12.3. The van der Waals surface area contributed by atoms with Crippen molar-refractivity contribution in [3.05, 3.63) is 83.4 Å². The maximum absolute atomic E-state index is 13.0. The molecular formula is C28H32N4O2. The smallest absolute Gasteiger partial charge is 0.317 e. The van der Waals surface area contributed by atoms with E-state index in [0.717, 1.165) is 68.4 Å². The molecule has 176 valence electrons. The van der Waals surface area contributed by atoms with E-state index in [9.17, 15) is 9.59 Å². The van der Waals surface area contributed by atoms with Gasteiger partial charge in [0, 0.05) is 51.4 Å². The average Bonchev–Trinajstić information content (AvgIpc) is 2.90. The maximum Gasteiger partial charge on any atom is 0.317 e. The summed E-state index contributed by atoms with van der Waals surface area (Å²) in [7, 11) is 0. The van der Waals surface area contributed by atoms with Gasteiger partial charge in [-0.25, -0.2) is 4.79 Å². The van der Waals surface area contributed by atoms with Gasteiger partial charge in [0.25, 0.3) is 5.91 Å². The van der Waals surface area contributed by atoms with Crippen LogP contribution in [0.3, 0.4) is 0 Å². The van der Waals surface area contributed by atoms with Crippen LogP contribution in [0, 0.1) is 0 Å². The second-order valence-electron chi connectivity index (χ2n) is 9.22. The number of fused-ring (bicyclic) bond motifs is 2. The van der Waals surface area contributed by atoms with Crippen LogP contribution < -0.4 is 5.32 Å². The SMILES string of the molecule is O=C(NCCCN1CCN(C(=O)c2ccc3ccccc3c2)CC1)N1CCc2ccccc2C1. The fraction of sp³-hybridized carbons (Fsp3) is 0.357. The van der Waals surface area contributed by atoms with Gasteiger partial charge < -0.3 is 15.1 Å². The van der Waals surface area contributed by atoms with Crippen molar-refractivity contribution in [2.45, 2.75) is 19.4 Å². The summed E-state index contributed by atoms with van der Waals surface area (Å²) in [5.41, 5.74) is 3.36. The number of amides is 3. The third-order valence-corrected chi connectivity index (χ3v) is 7.00. The summed E-state index contributed by atoms with van der Waals surface area (Å²) >= 11 is 0.